The van der Waals surface area contributed by atoms with Gasteiger partial charge in [0.2, 0.25) is 5.89 Å². The highest BCUT2D eigenvalue weighted by Crippen LogP contribution is 2.26. The fourth-order valence-electron chi connectivity index (χ4n) is 5.07. The number of benzene rings is 1. The van der Waals surface area contributed by atoms with Crippen LogP contribution in [0.1, 0.15) is 62.5 Å². The number of aryl methyl sites for hydroxylation is 2. The maximum atomic E-state index is 12.7. The van der Waals surface area contributed by atoms with Crippen LogP contribution in [0.3, 0.4) is 0 Å². The largest absolute Gasteiger partial charge is 0.441 e. The van der Waals surface area contributed by atoms with Crippen molar-refractivity contribution in [1.82, 2.24) is 14.8 Å². The lowest BCUT2D eigenvalue weighted by molar-refractivity contribution is -0.124. The molecule has 0 spiro atoms. The molecule has 2 aliphatic rings. The Bertz CT molecular complexity index is 890. The first-order valence-corrected chi connectivity index (χ1v) is 12.5. The van der Waals surface area contributed by atoms with Crippen LogP contribution < -0.4 is 0 Å². The summed E-state index contributed by atoms with van der Waals surface area (Å²) in [6, 6.07) is 8.28. The van der Waals surface area contributed by atoms with Crippen molar-refractivity contribution in [1.29, 1.82) is 0 Å². The van der Waals surface area contributed by atoms with Gasteiger partial charge in [0.05, 0.1) is 5.69 Å². The van der Waals surface area contributed by atoms with Gasteiger partial charge in [0.25, 0.3) is 0 Å². The van der Waals surface area contributed by atoms with E-state index in [1.54, 1.807) is 0 Å². The van der Waals surface area contributed by atoms with Gasteiger partial charge in [-0.15, -0.1) is 0 Å². The number of Topliss-reactive ketones (excluding diaryl/α,β-unsaturated/α-hetero) is 1. The quantitative estimate of drug-likeness (QED) is 0.564. The Morgan fingerprint density at radius 3 is 2.50 bits per heavy atom. The summed E-state index contributed by atoms with van der Waals surface area (Å²) in [5.74, 6) is 3.19. The van der Waals surface area contributed by atoms with Crippen molar-refractivity contribution < 1.29 is 9.21 Å². The first-order chi connectivity index (χ1) is 15.5. The molecule has 174 valence electrons. The second kappa shape index (κ2) is 10.8. The van der Waals surface area contributed by atoms with E-state index in [2.05, 4.69) is 35.8 Å². The number of aromatic nitrogens is 1. The Hall–Kier alpha value is -1.98. The molecule has 3 heterocycles. The summed E-state index contributed by atoms with van der Waals surface area (Å²) in [6.07, 6.45) is 6.34. The number of carbonyl (C=O) groups excluding carboxylic acids is 1. The van der Waals surface area contributed by atoms with Gasteiger partial charge < -0.3 is 9.32 Å². The van der Waals surface area contributed by atoms with E-state index in [9.17, 15) is 4.79 Å². The first kappa shape index (κ1) is 23.2. The fourth-order valence-corrected chi connectivity index (χ4v) is 5.07. The summed E-state index contributed by atoms with van der Waals surface area (Å²) in [5, 5.41) is 0. The van der Waals surface area contributed by atoms with Crippen molar-refractivity contribution >= 4 is 5.78 Å². The van der Waals surface area contributed by atoms with Crippen LogP contribution in [0, 0.1) is 25.7 Å². The molecule has 1 aromatic carbocycles. The zero-order chi connectivity index (χ0) is 22.5. The molecule has 0 atom stereocenters. The van der Waals surface area contributed by atoms with Crippen LogP contribution >= 0.6 is 0 Å². The molecule has 5 heteroatoms. The fraction of sp³-hybridized carbons (Fsp3) is 0.630. The maximum absolute atomic E-state index is 12.7. The predicted octanol–water partition coefficient (Wildman–Crippen LogP) is 5.25. The Morgan fingerprint density at radius 2 is 1.78 bits per heavy atom. The number of ketones is 1. The van der Waals surface area contributed by atoms with Crippen molar-refractivity contribution in [3.05, 3.63) is 41.3 Å². The number of rotatable bonds is 8. The molecule has 4 rings (SSSR count). The summed E-state index contributed by atoms with van der Waals surface area (Å²) < 4.78 is 5.96. The number of nitrogens with zero attached hydrogens (tertiary/aromatic N) is 3. The van der Waals surface area contributed by atoms with Crippen molar-refractivity contribution in [2.75, 3.05) is 32.7 Å². The lowest BCUT2D eigenvalue weighted by Gasteiger charge is -2.31. The minimum Gasteiger partial charge on any atom is -0.441 e. The third-order valence-electron chi connectivity index (χ3n) is 7.35. The Balaban J connectivity index is 1.21. The van der Waals surface area contributed by atoms with Gasteiger partial charge in [-0.25, -0.2) is 4.98 Å². The standard InChI is InChI=1S/C27H39N3O2/c1-20-9-14-29(15-10-20)13-5-8-26(31)23-11-16-30(17-12-23)19-25-22(3)32-27(28-25)24-7-4-6-21(2)18-24/h4,6-7,18,20,23H,5,8-17,19H2,1-3H3. The number of hydrogen-bond donors (Lipinski definition) is 0. The van der Waals surface area contributed by atoms with Gasteiger partial charge in [0.1, 0.15) is 11.5 Å². The summed E-state index contributed by atoms with van der Waals surface area (Å²) >= 11 is 0. The molecular formula is C27H39N3O2. The maximum Gasteiger partial charge on any atom is 0.226 e. The van der Waals surface area contributed by atoms with E-state index < -0.39 is 0 Å². The molecule has 2 aliphatic heterocycles. The molecular weight excluding hydrogens is 398 g/mol. The number of carbonyl (C=O) groups is 1. The SMILES string of the molecule is Cc1cccc(-c2nc(CN3CCC(C(=O)CCCN4CCC(C)CC4)CC3)c(C)o2)c1. The molecule has 0 unspecified atom stereocenters. The highest BCUT2D eigenvalue weighted by Gasteiger charge is 2.26. The van der Waals surface area contributed by atoms with Crippen molar-refractivity contribution in [2.45, 2.75) is 65.8 Å². The molecule has 0 radical (unpaired) electrons. The average Bonchev–Trinajstić information content (AvgIpc) is 3.16. The van der Waals surface area contributed by atoms with Crippen LogP contribution in [0.25, 0.3) is 11.5 Å². The van der Waals surface area contributed by atoms with Gasteiger partial charge in [-0.1, -0.05) is 24.6 Å². The molecule has 0 amide bonds. The van der Waals surface area contributed by atoms with Crippen molar-refractivity contribution in [3.8, 4) is 11.5 Å². The van der Waals surface area contributed by atoms with Crippen LogP contribution in [-0.2, 0) is 11.3 Å². The molecule has 2 aromatic rings. The number of piperidine rings is 2. The molecule has 0 bridgehead atoms. The molecule has 1 aromatic heterocycles. The van der Waals surface area contributed by atoms with Crippen LogP contribution in [0.2, 0.25) is 0 Å². The molecule has 32 heavy (non-hydrogen) atoms. The van der Waals surface area contributed by atoms with E-state index in [0.717, 1.165) is 74.8 Å². The number of oxazole rings is 1. The summed E-state index contributed by atoms with van der Waals surface area (Å²) in [5.41, 5.74) is 3.25. The molecule has 0 saturated carbocycles. The van der Waals surface area contributed by atoms with E-state index in [0.29, 0.717) is 11.7 Å². The van der Waals surface area contributed by atoms with Crippen LogP contribution in [0.5, 0.6) is 0 Å². The van der Waals surface area contributed by atoms with Gasteiger partial charge in [0, 0.05) is 24.4 Å². The Kier molecular flexibility index (Phi) is 7.80. The number of likely N-dealkylation sites (tertiary alicyclic amines) is 2. The second-order valence-corrected chi connectivity index (χ2v) is 10.0. The monoisotopic (exact) mass is 437 g/mol. The van der Waals surface area contributed by atoms with Crippen molar-refractivity contribution in [3.63, 3.8) is 0 Å². The highest BCUT2D eigenvalue weighted by molar-refractivity contribution is 5.81. The van der Waals surface area contributed by atoms with Gasteiger partial charge in [-0.05, 0) is 96.7 Å². The molecule has 2 fully saturated rings. The third kappa shape index (κ3) is 6.08. The molecule has 0 aliphatic carbocycles. The van der Waals surface area contributed by atoms with Crippen molar-refractivity contribution in [2.24, 2.45) is 11.8 Å². The molecule has 5 nitrogen and oxygen atoms in total. The van der Waals surface area contributed by atoms with Crippen LogP contribution in [-0.4, -0.2) is 53.3 Å². The van der Waals surface area contributed by atoms with Gasteiger partial charge in [-0.2, -0.15) is 0 Å². The van der Waals surface area contributed by atoms with Gasteiger partial charge >= 0.3 is 0 Å². The average molecular weight is 438 g/mol. The van der Waals surface area contributed by atoms with Gasteiger partial charge in [0.15, 0.2) is 0 Å². The van der Waals surface area contributed by atoms with E-state index in [-0.39, 0.29) is 5.92 Å². The predicted molar refractivity (Wildman–Crippen MR) is 128 cm³/mol. The minimum absolute atomic E-state index is 0.244. The smallest absolute Gasteiger partial charge is 0.226 e. The summed E-state index contributed by atoms with van der Waals surface area (Å²) in [7, 11) is 0. The molecule has 0 N–H and O–H groups in total. The minimum atomic E-state index is 0.244. The number of hydrogen-bond acceptors (Lipinski definition) is 5. The zero-order valence-corrected chi connectivity index (χ0v) is 20.1. The summed E-state index contributed by atoms with van der Waals surface area (Å²) in [6.45, 7) is 12.7. The highest BCUT2D eigenvalue weighted by atomic mass is 16.4. The zero-order valence-electron chi connectivity index (χ0n) is 20.1. The van der Waals surface area contributed by atoms with Crippen LogP contribution in [0.15, 0.2) is 28.7 Å². The van der Waals surface area contributed by atoms with Gasteiger partial charge in [-0.3, -0.25) is 9.69 Å². The summed E-state index contributed by atoms with van der Waals surface area (Å²) in [4.78, 5) is 22.5. The van der Waals surface area contributed by atoms with Crippen LogP contribution in [0.4, 0.5) is 0 Å². The second-order valence-electron chi connectivity index (χ2n) is 10.0. The third-order valence-corrected chi connectivity index (χ3v) is 7.35. The first-order valence-electron chi connectivity index (χ1n) is 12.5. The van der Waals surface area contributed by atoms with E-state index in [4.69, 9.17) is 9.40 Å². The Labute approximate surface area is 193 Å². The van der Waals surface area contributed by atoms with E-state index in [1.807, 2.05) is 19.1 Å². The van der Waals surface area contributed by atoms with E-state index in [1.165, 1.54) is 31.5 Å². The normalized spacial score (nSPS) is 19.5. The lowest BCUT2D eigenvalue weighted by atomic mass is 9.90. The topological polar surface area (TPSA) is 49.6 Å². The molecule has 2 saturated heterocycles. The lowest BCUT2D eigenvalue weighted by Crippen LogP contribution is -2.36. The Morgan fingerprint density at radius 1 is 1.06 bits per heavy atom. The van der Waals surface area contributed by atoms with E-state index >= 15 is 0 Å².